The maximum absolute atomic E-state index is 4.67. The Morgan fingerprint density at radius 2 is 1.96 bits per heavy atom. The maximum atomic E-state index is 4.67. The van der Waals surface area contributed by atoms with Gasteiger partial charge in [0, 0.05) is 44.1 Å². The van der Waals surface area contributed by atoms with E-state index in [4.69, 9.17) is 0 Å². The summed E-state index contributed by atoms with van der Waals surface area (Å²) in [6.45, 7) is 6.70. The lowest BCUT2D eigenvalue weighted by Crippen LogP contribution is -2.48. The number of likely N-dealkylation sites (N-methyl/N-ethyl adjacent to an activating group) is 1. The summed E-state index contributed by atoms with van der Waals surface area (Å²) >= 11 is 1.88. The normalized spacial score (nSPS) is 19.0. The lowest BCUT2D eigenvalue weighted by atomic mass is 10.1. The summed E-state index contributed by atoms with van der Waals surface area (Å²) in [5.41, 5.74) is 1.54. The van der Waals surface area contributed by atoms with Crippen molar-refractivity contribution in [2.45, 2.75) is 19.3 Å². The highest BCUT2D eigenvalue weighted by atomic mass is 32.1. The molecular weight excluding hydrogens is 306 g/mol. The summed E-state index contributed by atoms with van der Waals surface area (Å²) in [5, 5.41) is 1.35. The number of hydrogen-bond acceptors (Lipinski definition) is 6. The Kier molecular flexibility index (Phi) is 4.22. The Bertz CT molecular complexity index is 688. The van der Waals surface area contributed by atoms with Gasteiger partial charge in [0.1, 0.15) is 17.0 Å². The lowest BCUT2D eigenvalue weighted by molar-refractivity contribution is 0.229. The predicted molar refractivity (Wildman–Crippen MR) is 96.6 cm³/mol. The van der Waals surface area contributed by atoms with Gasteiger partial charge in [0.2, 0.25) is 0 Å². The van der Waals surface area contributed by atoms with Gasteiger partial charge in [0.05, 0.1) is 5.39 Å². The first-order valence-corrected chi connectivity index (χ1v) is 9.41. The first-order chi connectivity index (χ1) is 11.2. The second-order valence-electron chi connectivity index (χ2n) is 6.87. The number of aryl methyl sites for hydroxylation is 2. The fourth-order valence-corrected chi connectivity index (χ4v) is 4.90. The van der Waals surface area contributed by atoms with Crippen molar-refractivity contribution in [2.24, 2.45) is 0 Å². The zero-order valence-corrected chi connectivity index (χ0v) is 14.9. The van der Waals surface area contributed by atoms with Crippen LogP contribution in [0.25, 0.3) is 10.2 Å². The zero-order valence-electron chi connectivity index (χ0n) is 14.1. The molecule has 1 aliphatic heterocycles. The smallest absolute Gasteiger partial charge is 0.141 e. The van der Waals surface area contributed by atoms with E-state index in [9.17, 15) is 0 Å². The van der Waals surface area contributed by atoms with Crippen LogP contribution in [0.5, 0.6) is 0 Å². The molecule has 0 radical (unpaired) electrons. The molecule has 1 aliphatic carbocycles. The Balaban J connectivity index is 1.52. The molecule has 4 rings (SSSR count). The van der Waals surface area contributed by atoms with Crippen LogP contribution in [0, 0.1) is 0 Å². The molecule has 6 heteroatoms. The van der Waals surface area contributed by atoms with Gasteiger partial charge < -0.3 is 9.80 Å². The quantitative estimate of drug-likeness (QED) is 0.855. The average Bonchev–Trinajstić information content (AvgIpc) is 3.13. The fourth-order valence-electron chi connectivity index (χ4n) is 3.68. The van der Waals surface area contributed by atoms with Crippen molar-refractivity contribution in [3.63, 3.8) is 0 Å². The summed E-state index contributed by atoms with van der Waals surface area (Å²) in [7, 11) is 4.29. The SMILES string of the molecule is CN(C)CCN1CCN(c2ncnc3sc4c(c23)CCC4)CC1. The van der Waals surface area contributed by atoms with E-state index in [0.29, 0.717) is 0 Å². The molecule has 2 aliphatic rings. The van der Waals surface area contributed by atoms with Crippen molar-refractivity contribution in [3.05, 3.63) is 16.8 Å². The summed E-state index contributed by atoms with van der Waals surface area (Å²) in [6.07, 6.45) is 5.48. The van der Waals surface area contributed by atoms with E-state index < -0.39 is 0 Å². The molecule has 0 unspecified atom stereocenters. The number of hydrogen-bond donors (Lipinski definition) is 0. The second kappa shape index (κ2) is 6.34. The van der Waals surface area contributed by atoms with Crippen LogP contribution in [0.4, 0.5) is 5.82 Å². The third kappa shape index (κ3) is 2.95. The molecule has 2 aromatic rings. The molecule has 0 aromatic carbocycles. The Morgan fingerprint density at radius 3 is 2.74 bits per heavy atom. The van der Waals surface area contributed by atoms with Crippen LogP contribution in [0.15, 0.2) is 6.33 Å². The highest BCUT2D eigenvalue weighted by molar-refractivity contribution is 7.19. The number of aromatic nitrogens is 2. The number of anilines is 1. The third-order valence-corrected chi connectivity index (χ3v) is 6.22. The monoisotopic (exact) mass is 331 g/mol. The molecule has 1 saturated heterocycles. The summed E-state index contributed by atoms with van der Waals surface area (Å²) in [5.74, 6) is 1.18. The Hall–Kier alpha value is -1.24. The van der Waals surface area contributed by atoms with Crippen molar-refractivity contribution < 1.29 is 0 Å². The van der Waals surface area contributed by atoms with Gasteiger partial charge in [-0.1, -0.05) is 0 Å². The minimum absolute atomic E-state index is 1.07. The molecule has 23 heavy (non-hydrogen) atoms. The Labute approximate surface area is 141 Å². The van der Waals surface area contributed by atoms with E-state index in [2.05, 4.69) is 38.8 Å². The molecule has 0 bridgehead atoms. The molecular formula is C17H25N5S. The highest BCUT2D eigenvalue weighted by Gasteiger charge is 2.25. The number of piperazine rings is 1. The van der Waals surface area contributed by atoms with Crippen LogP contribution in [-0.2, 0) is 12.8 Å². The Morgan fingerprint density at radius 1 is 1.13 bits per heavy atom. The fraction of sp³-hybridized carbons (Fsp3) is 0.647. The molecule has 0 N–H and O–H groups in total. The molecule has 0 saturated carbocycles. The molecule has 5 nitrogen and oxygen atoms in total. The number of nitrogens with zero attached hydrogens (tertiary/aromatic N) is 5. The molecule has 0 amide bonds. The van der Waals surface area contributed by atoms with E-state index in [1.807, 2.05) is 11.3 Å². The molecule has 1 fully saturated rings. The second-order valence-corrected chi connectivity index (χ2v) is 7.95. The van der Waals surface area contributed by atoms with Crippen LogP contribution < -0.4 is 4.90 Å². The van der Waals surface area contributed by atoms with E-state index >= 15 is 0 Å². The predicted octanol–water partition coefficient (Wildman–Crippen LogP) is 1.86. The lowest BCUT2D eigenvalue weighted by Gasteiger charge is -2.36. The number of fused-ring (bicyclic) bond motifs is 3. The van der Waals surface area contributed by atoms with Gasteiger partial charge in [-0.25, -0.2) is 9.97 Å². The van der Waals surface area contributed by atoms with E-state index in [1.54, 1.807) is 11.2 Å². The van der Waals surface area contributed by atoms with Crippen molar-refractivity contribution in [1.29, 1.82) is 0 Å². The van der Waals surface area contributed by atoms with Crippen molar-refractivity contribution in [1.82, 2.24) is 19.8 Å². The van der Waals surface area contributed by atoms with Crippen molar-refractivity contribution in [3.8, 4) is 0 Å². The first-order valence-electron chi connectivity index (χ1n) is 8.59. The maximum Gasteiger partial charge on any atom is 0.141 e. The van der Waals surface area contributed by atoms with Crippen LogP contribution in [-0.4, -0.2) is 73.1 Å². The van der Waals surface area contributed by atoms with Gasteiger partial charge >= 0.3 is 0 Å². The van der Waals surface area contributed by atoms with Gasteiger partial charge in [0.25, 0.3) is 0 Å². The van der Waals surface area contributed by atoms with Crippen LogP contribution in [0.2, 0.25) is 0 Å². The van der Waals surface area contributed by atoms with Crippen molar-refractivity contribution in [2.75, 3.05) is 58.3 Å². The van der Waals surface area contributed by atoms with Crippen LogP contribution >= 0.6 is 11.3 Å². The number of thiophene rings is 1. The highest BCUT2D eigenvalue weighted by Crippen LogP contribution is 2.40. The zero-order chi connectivity index (χ0) is 15.8. The minimum Gasteiger partial charge on any atom is -0.353 e. The average molecular weight is 331 g/mol. The van der Waals surface area contributed by atoms with Gasteiger partial charge in [-0.15, -0.1) is 11.3 Å². The van der Waals surface area contributed by atoms with Gasteiger partial charge in [-0.3, -0.25) is 4.90 Å². The van der Waals surface area contributed by atoms with Crippen LogP contribution in [0.3, 0.4) is 0 Å². The van der Waals surface area contributed by atoms with Gasteiger partial charge in [-0.05, 0) is 38.9 Å². The molecule has 0 atom stereocenters. The molecule has 0 spiro atoms. The minimum atomic E-state index is 1.07. The third-order valence-electron chi connectivity index (χ3n) is 5.02. The number of rotatable bonds is 4. The first kappa shape index (κ1) is 15.3. The topological polar surface area (TPSA) is 35.5 Å². The summed E-state index contributed by atoms with van der Waals surface area (Å²) < 4.78 is 0. The standard InChI is InChI=1S/C17H25N5S/c1-20(2)6-7-21-8-10-22(11-9-21)16-15-13-4-3-5-14(13)23-17(15)19-12-18-16/h12H,3-11H2,1-2H3. The van der Waals surface area contributed by atoms with Crippen LogP contribution in [0.1, 0.15) is 16.9 Å². The summed E-state index contributed by atoms with van der Waals surface area (Å²) in [6, 6.07) is 0. The molecule has 124 valence electrons. The van der Waals surface area contributed by atoms with Gasteiger partial charge in [-0.2, -0.15) is 0 Å². The van der Waals surface area contributed by atoms with Gasteiger partial charge in [0.15, 0.2) is 0 Å². The molecule has 3 heterocycles. The van der Waals surface area contributed by atoms with E-state index in [-0.39, 0.29) is 0 Å². The van der Waals surface area contributed by atoms with E-state index in [1.165, 1.54) is 40.9 Å². The molecule has 2 aromatic heterocycles. The van der Waals surface area contributed by atoms with Crippen molar-refractivity contribution >= 4 is 27.4 Å². The van der Waals surface area contributed by atoms with E-state index in [0.717, 1.165) is 39.3 Å². The largest absolute Gasteiger partial charge is 0.353 e. The summed E-state index contributed by atoms with van der Waals surface area (Å²) in [4.78, 5) is 19.2.